The Morgan fingerprint density at radius 2 is 1.96 bits per heavy atom. The molecule has 0 aliphatic rings. The minimum Gasteiger partial charge on any atom is -0.340 e. The third-order valence-corrected chi connectivity index (χ3v) is 5.64. The van der Waals surface area contributed by atoms with Gasteiger partial charge in [0.1, 0.15) is 6.04 Å². The second-order valence-electron chi connectivity index (χ2n) is 4.77. The lowest BCUT2D eigenvalue weighted by molar-refractivity contribution is -0.117. The van der Waals surface area contributed by atoms with Gasteiger partial charge in [-0.1, -0.05) is 23.5 Å². The molecule has 0 aliphatic carbocycles. The molecule has 2 N–H and O–H groups in total. The topological polar surface area (TPSA) is 71.1 Å². The highest BCUT2D eigenvalue weighted by Crippen LogP contribution is 2.25. The van der Waals surface area contributed by atoms with Crippen LogP contribution in [0.15, 0.2) is 40.2 Å². The van der Waals surface area contributed by atoms with E-state index in [1.807, 2.05) is 24.3 Å². The number of fused-ring (bicyclic) bond motifs is 1. The van der Waals surface area contributed by atoms with E-state index in [4.69, 9.17) is 0 Å². The Bertz CT molecular complexity index is 841. The van der Waals surface area contributed by atoms with E-state index in [0.717, 1.165) is 14.0 Å². The summed E-state index contributed by atoms with van der Waals surface area (Å²) in [7, 11) is 0. The number of aromatic nitrogens is 1. The molecule has 8 heteroatoms. The fraction of sp³-hybridized carbons (Fsp3) is 0.133. The lowest BCUT2D eigenvalue weighted by Crippen LogP contribution is -2.41. The van der Waals surface area contributed by atoms with Crippen LogP contribution < -0.4 is 10.6 Å². The molecule has 0 saturated heterocycles. The second kappa shape index (κ2) is 6.77. The van der Waals surface area contributed by atoms with Crippen LogP contribution in [0.2, 0.25) is 0 Å². The van der Waals surface area contributed by atoms with Crippen molar-refractivity contribution in [3.8, 4) is 0 Å². The number of carbonyl (C=O) groups is 2. The van der Waals surface area contributed by atoms with Crippen LogP contribution in [-0.4, -0.2) is 22.8 Å². The molecule has 0 bridgehead atoms. The Morgan fingerprint density at radius 1 is 1.17 bits per heavy atom. The Balaban J connectivity index is 1.64. The fourth-order valence-electron chi connectivity index (χ4n) is 1.91. The maximum Gasteiger partial charge on any atom is 0.262 e. The van der Waals surface area contributed by atoms with Crippen LogP contribution in [0.1, 0.15) is 16.6 Å². The van der Waals surface area contributed by atoms with Gasteiger partial charge in [0.15, 0.2) is 5.13 Å². The van der Waals surface area contributed by atoms with Gasteiger partial charge in [0.2, 0.25) is 5.91 Å². The van der Waals surface area contributed by atoms with Gasteiger partial charge in [-0.3, -0.25) is 9.59 Å². The highest BCUT2D eigenvalue weighted by atomic mass is 79.9. The molecule has 2 amide bonds. The number of benzene rings is 1. The molecule has 3 aromatic rings. The molecular weight excluding hydrogens is 398 g/mol. The third-order valence-electron chi connectivity index (χ3n) is 3.06. The number of para-hydroxylation sites is 1. The molecule has 1 atom stereocenters. The average Bonchev–Trinajstić information content (AvgIpc) is 3.12. The van der Waals surface area contributed by atoms with E-state index >= 15 is 0 Å². The molecule has 2 aromatic heterocycles. The summed E-state index contributed by atoms with van der Waals surface area (Å²) in [5, 5.41) is 5.94. The molecule has 23 heavy (non-hydrogen) atoms. The van der Waals surface area contributed by atoms with Crippen molar-refractivity contribution >= 4 is 65.8 Å². The molecule has 0 radical (unpaired) electrons. The van der Waals surface area contributed by atoms with Crippen molar-refractivity contribution in [3.63, 3.8) is 0 Å². The van der Waals surface area contributed by atoms with Gasteiger partial charge in [0.05, 0.1) is 18.9 Å². The van der Waals surface area contributed by atoms with Crippen LogP contribution in [0, 0.1) is 0 Å². The number of halogens is 1. The first-order valence-corrected chi connectivity index (χ1v) is 9.18. The first-order valence-electron chi connectivity index (χ1n) is 6.75. The van der Waals surface area contributed by atoms with E-state index in [1.165, 1.54) is 22.7 Å². The van der Waals surface area contributed by atoms with Crippen LogP contribution in [-0.2, 0) is 4.79 Å². The molecule has 118 valence electrons. The maximum absolute atomic E-state index is 12.2. The number of nitrogens with zero attached hydrogens (tertiary/aromatic N) is 1. The molecule has 1 unspecified atom stereocenters. The Labute approximate surface area is 148 Å². The molecule has 2 heterocycles. The maximum atomic E-state index is 12.2. The minimum atomic E-state index is -0.657. The average molecular weight is 410 g/mol. The van der Waals surface area contributed by atoms with Gasteiger partial charge in [-0.2, -0.15) is 0 Å². The van der Waals surface area contributed by atoms with E-state index in [0.29, 0.717) is 10.0 Å². The summed E-state index contributed by atoms with van der Waals surface area (Å²) in [6, 6.07) is 10.5. The van der Waals surface area contributed by atoms with Gasteiger partial charge in [0, 0.05) is 0 Å². The zero-order valence-electron chi connectivity index (χ0n) is 12.0. The van der Waals surface area contributed by atoms with Gasteiger partial charge in [0.25, 0.3) is 5.91 Å². The fourth-order valence-corrected chi connectivity index (χ4v) is 4.07. The molecule has 5 nitrogen and oxygen atoms in total. The minimum absolute atomic E-state index is 0.271. The van der Waals surface area contributed by atoms with Crippen LogP contribution in [0.5, 0.6) is 0 Å². The van der Waals surface area contributed by atoms with Crippen molar-refractivity contribution < 1.29 is 9.59 Å². The molecule has 0 saturated carbocycles. The number of nitrogens with one attached hydrogen (secondary N) is 2. The summed E-state index contributed by atoms with van der Waals surface area (Å²) in [6.07, 6.45) is 0. The largest absolute Gasteiger partial charge is 0.340 e. The number of anilines is 1. The molecule has 0 spiro atoms. The van der Waals surface area contributed by atoms with E-state index < -0.39 is 6.04 Å². The summed E-state index contributed by atoms with van der Waals surface area (Å²) in [6.45, 7) is 1.64. The SMILES string of the molecule is CC(NC(=O)c1ccc(Br)s1)C(=O)Nc1nc2ccccc2s1. The van der Waals surface area contributed by atoms with Crippen LogP contribution >= 0.6 is 38.6 Å². The third kappa shape index (κ3) is 3.77. The zero-order chi connectivity index (χ0) is 16.4. The quantitative estimate of drug-likeness (QED) is 0.686. The summed E-state index contributed by atoms with van der Waals surface area (Å²) in [4.78, 5) is 29.1. The Kier molecular flexibility index (Phi) is 4.74. The molecule has 0 aliphatic heterocycles. The van der Waals surface area contributed by atoms with Crippen LogP contribution in [0.25, 0.3) is 10.2 Å². The zero-order valence-corrected chi connectivity index (χ0v) is 15.2. The number of thiophene rings is 1. The van der Waals surface area contributed by atoms with Gasteiger partial charge in [-0.15, -0.1) is 11.3 Å². The van der Waals surface area contributed by atoms with Crippen LogP contribution in [0.4, 0.5) is 5.13 Å². The van der Waals surface area contributed by atoms with Crippen molar-refractivity contribution in [3.05, 3.63) is 45.1 Å². The van der Waals surface area contributed by atoms with Gasteiger partial charge in [-0.25, -0.2) is 4.98 Å². The predicted molar refractivity (Wildman–Crippen MR) is 97.2 cm³/mol. The van der Waals surface area contributed by atoms with Crippen molar-refractivity contribution in [1.82, 2.24) is 10.3 Å². The summed E-state index contributed by atoms with van der Waals surface area (Å²) in [5.41, 5.74) is 0.841. The van der Waals surface area contributed by atoms with Gasteiger partial charge >= 0.3 is 0 Å². The standard InChI is InChI=1S/C15H12BrN3O2S2/c1-8(17-14(21)11-6-7-12(16)22-11)13(20)19-15-18-9-4-2-3-5-10(9)23-15/h2-8H,1H3,(H,17,21)(H,18,19,20). The number of hydrogen-bond donors (Lipinski definition) is 2. The van der Waals surface area contributed by atoms with E-state index in [9.17, 15) is 9.59 Å². The first-order chi connectivity index (χ1) is 11.0. The van der Waals surface area contributed by atoms with Crippen molar-refractivity contribution in [2.24, 2.45) is 0 Å². The normalized spacial score (nSPS) is 12.1. The number of carbonyl (C=O) groups excluding carboxylic acids is 2. The highest BCUT2D eigenvalue weighted by molar-refractivity contribution is 9.11. The first kappa shape index (κ1) is 16.1. The molecule has 1 aromatic carbocycles. The summed E-state index contributed by atoms with van der Waals surface area (Å²) >= 11 is 6.03. The number of hydrogen-bond acceptors (Lipinski definition) is 5. The van der Waals surface area contributed by atoms with E-state index in [1.54, 1.807) is 19.1 Å². The Hall–Kier alpha value is -1.77. The van der Waals surface area contributed by atoms with Gasteiger partial charge in [-0.05, 0) is 47.1 Å². The molecule has 3 rings (SSSR count). The summed E-state index contributed by atoms with van der Waals surface area (Å²) < 4.78 is 1.87. The molecule has 0 fully saturated rings. The van der Waals surface area contributed by atoms with Crippen molar-refractivity contribution in [1.29, 1.82) is 0 Å². The number of thiazole rings is 1. The van der Waals surface area contributed by atoms with E-state index in [2.05, 4.69) is 31.5 Å². The summed E-state index contributed by atoms with van der Waals surface area (Å²) in [5.74, 6) is -0.569. The molecular formula is C15H12BrN3O2S2. The lowest BCUT2D eigenvalue weighted by Gasteiger charge is -2.12. The second-order valence-corrected chi connectivity index (χ2v) is 8.27. The predicted octanol–water partition coefficient (Wildman–Crippen LogP) is 3.88. The number of rotatable bonds is 4. The highest BCUT2D eigenvalue weighted by Gasteiger charge is 2.19. The monoisotopic (exact) mass is 409 g/mol. The van der Waals surface area contributed by atoms with Crippen molar-refractivity contribution in [2.75, 3.05) is 5.32 Å². The van der Waals surface area contributed by atoms with E-state index in [-0.39, 0.29) is 11.8 Å². The number of amides is 2. The van der Waals surface area contributed by atoms with Gasteiger partial charge < -0.3 is 10.6 Å². The van der Waals surface area contributed by atoms with Crippen molar-refractivity contribution in [2.45, 2.75) is 13.0 Å². The van der Waals surface area contributed by atoms with Crippen LogP contribution in [0.3, 0.4) is 0 Å². The Morgan fingerprint density at radius 3 is 2.65 bits per heavy atom. The lowest BCUT2D eigenvalue weighted by atomic mass is 10.3. The smallest absolute Gasteiger partial charge is 0.262 e.